The van der Waals surface area contributed by atoms with Crippen molar-refractivity contribution in [3.8, 4) is 5.75 Å². The maximum absolute atomic E-state index is 12.6. The van der Waals surface area contributed by atoms with Crippen molar-refractivity contribution in [2.75, 3.05) is 26.8 Å². The predicted molar refractivity (Wildman–Crippen MR) is 109 cm³/mol. The number of nitrogens with zero attached hydrogens (tertiary/aromatic N) is 1. The Hall–Kier alpha value is -1.80. The Morgan fingerprint density at radius 2 is 2.04 bits per heavy atom. The number of likely N-dealkylation sites (tertiary alicyclic amines) is 1. The fourth-order valence-electron chi connectivity index (χ4n) is 3.15. The summed E-state index contributed by atoms with van der Waals surface area (Å²) in [6, 6.07) is 4.91. The van der Waals surface area contributed by atoms with Gasteiger partial charge in [0, 0.05) is 11.0 Å². The van der Waals surface area contributed by atoms with Gasteiger partial charge in [-0.25, -0.2) is 9.59 Å². The molecule has 1 aliphatic heterocycles. The van der Waals surface area contributed by atoms with E-state index in [1.165, 1.54) is 7.11 Å². The number of carbonyl (C=O) groups is 2. The molecule has 1 aromatic carbocycles. The van der Waals surface area contributed by atoms with Crippen LogP contribution in [0.5, 0.6) is 5.75 Å². The average molecular weight is 457 g/mol. The molecule has 0 aliphatic carbocycles. The molecule has 156 valence electrons. The van der Waals surface area contributed by atoms with Crippen molar-refractivity contribution >= 4 is 28.0 Å². The molecule has 1 saturated heterocycles. The van der Waals surface area contributed by atoms with Crippen molar-refractivity contribution in [1.82, 2.24) is 4.90 Å². The van der Waals surface area contributed by atoms with E-state index in [4.69, 9.17) is 19.9 Å². The fourth-order valence-corrected chi connectivity index (χ4v) is 3.49. The molecule has 2 N–H and O–H groups in total. The normalized spacial score (nSPS) is 19.9. The molecule has 8 heteroatoms. The van der Waals surface area contributed by atoms with Gasteiger partial charge in [-0.2, -0.15) is 0 Å². The van der Waals surface area contributed by atoms with Gasteiger partial charge in [0.05, 0.1) is 13.2 Å². The van der Waals surface area contributed by atoms with Crippen LogP contribution in [0.25, 0.3) is 0 Å². The summed E-state index contributed by atoms with van der Waals surface area (Å²) in [5.74, 6) is 0.241. The first-order valence-electron chi connectivity index (χ1n) is 9.35. The van der Waals surface area contributed by atoms with E-state index in [9.17, 15) is 9.59 Å². The summed E-state index contributed by atoms with van der Waals surface area (Å²) in [6.45, 7) is 6.87. The number of ether oxygens (including phenoxy) is 3. The van der Waals surface area contributed by atoms with Gasteiger partial charge in [0.15, 0.2) is 0 Å². The van der Waals surface area contributed by atoms with Gasteiger partial charge in [0.25, 0.3) is 0 Å². The van der Waals surface area contributed by atoms with E-state index in [-0.39, 0.29) is 18.7 Å². The molecule has 0 radical (unpaired) electrons. The van der Waals surface area contributed by atoms with Gasteiger partial charge in [-0.05, 0) is 64.3 Å². The third kappa shape index (κ3) is 6.10. The van der Waals surface area contributed by atoms with E-state index < -0.39 is 11.6 Å². The topological polar surface area (TPSA) is 91.1 Å². The van der Waals surface area contributed by atoms with Crippen molar-refractivity contribution < 1.29 is 23.8 Å². The van der Waals surface area contributed by atoms with E-state index in [1.54, 1.807) is 23.1 Å². The molecule has 2 rings (SSSR count). The molecule has 0 spiro atoms. The van der Waals surface area contributed by atoms with Crippen LogP contribution >= 0.6 is 15.9 Å². The lowest BCUT2D eigenvalue weighted by Crippen LogP contribution is -2.51. The number of halogens is 1. The molecular weight excluding hydrogens is 428 g/mol. The average Bonchev–Trinajstić information content (AvgIpc) is 2.64. The zero-order chi connectivity index (χ0) is 20.9. The summed E-state index contributed by atoms with van der Waals surface area (Å²) in [5, 5.41) is 0. The molecule has 1 aliphatic rings. The Balaban J connectivity index is 2.17. The molecule has 2 atom stereocenters. The summed E-state index contributed by atoms with van der Waals surface area (Å²) < 4.78 is 17.1. The SMILES string of the molecule is COC(=O)c1ccc(Br)cc1OCC1CC(CN)CCN1C(=O)OC(C)(C)C. The van der Waals surface area contributed by atoms with Crippen molar-refractivity contribution in [3.63, 3.8) is 0 Å². The van der Waals surface area contributed by atoms with Crippen LogP contribution in [0.2, 0.25) is 0 Å². The van der Waals surface area contributed by atoms with E-state index in [2.05, 4.69) is 15.9 Å². The molecule has 0 aromatic heterocycles. The summed E-state index contributed by atoms with van der Waals surface area (Å²) in [4.78, 5) is 26.3. The molecule has 2 unspecified atom stereocenters. The Morgan fingerprint density at radius 1 is 1.32 bits per heavy atom. The lowest BCUT2D eigenvalue weighted by Gasteiger charge is -2.39. The Labute approximate surface area is 174 Å². The number of rotatable bonds is 5. The van der Waals surface area contributed by atoms with Crippen molar-refractivity contribution in [2.45, 2.75) is 45.3 Å². The summed E-state index contributed by atoms with van der Waals surface area (Å²) in [6.07, 6.45) is 1.19. The molecule has 1 heterocycles. The minimum absolute atomic E-state index is 0.193. The highest BCUT2D eigenvalue weighted by molar-refractivity contribution is 9.10. The number of nitrogens with two attached hydrogens (primary N) is 1. The zero-order valence-corrected chi connectivity index (χ0v) is 18.5. The largest absolute Gasteiger partial charge is 0.490 e. The van der Waals surface area contributed by atoms with Crippen LogP contribution < -0.4 is 10.5 Å². The first-order chi connectivity index (χ1) is 13.1. The standard InChI is InChI=1S/C20H29BrN2O5/c1-20(2,3)28-19(25)23-8-7-13(11-22)9-15(23)12-27-17-10-14(21)5-6-16(17)18(24)26-4/h5-6,10,13,15H,7-9,11-12,22H2,1-4H3. The third-order valence-electron chi connectivity index (χ3n) is 4.57. The highest BCUT2D eigenvalue weighted by atomic mass is 79.9. The second kappa shape index (κ2) is 9.60. The van der Waals surface area contributed by atoms with Crippen LogP contribution in [-0.2, 0) is 9.47 Å². The Bertz CT molecular complexity index is 704. The second-order valence-corrected chi connectivity index (χ2v) is 8.81. The molecule has 28 heavy (non-hydrogen) atoms. The molecular formula is C20H29BrN2O5. The highest BCUT2D eigenvalue weighted by Crippen LogP contribution is 2.28. The van der Waals surface area contributed by atoms with Gasteiger partial charge in [0.2, 0.25) is 0 Å². The summed E-state index contributed by atoms with van der Waals surface area (Å²) in [5.41, 5.74) is 5.62. The predicted octanol–water partition coefficient (Wildman–Crippen LogP) is 3.59. The number of piperidine rings is 1. The number of hydrogen-bond donors (Lipinski definition) is 1. The van der Waals surface area contributed by atoms with Gasteiger partial charge in [-0.15, -0.1) is 0 Å². The van der Waals surface area contributed by atoms with Crippen molar-refractivity contribution in [1.29, 1.82) is 0 Å². The first-order valence-corrected chi connectivity index (χ1v) is 10.1. The Kier molecular flexibility index (Phi) is 7.71. The molecule has 0 saturated carbocycles. The smallest absolute Gasteiger partial charge is 0.410 e. The maximum atomic E-state index is 12.6. The Morgan fingerprint density at radius 3 is 2.64 bits per heavy atom. The van der Waals surface area contributed by atoms with Crippen LogP contribution in [0.3, 0.4) is 0 Å². The minimum Gasteiger partial charge on any atom is -0.490 e. The van der Waals surface area contributed by atoms with E-state index in [1.807, 2.05) is 20.8 Å². The quantitative estimate of drug-likeness (QED) is 0.680. The molecule has 1 aromatic rings. The summed E-state index contributed by atoms with van der Waals surface area (Å²) in [7, 11) is 1.32. The number of benzene rings is 1. The van der Waals surface area contributed by atoms with Crippen LogP contribution in [0.4, 0.5) is 4.79 Å². The van der Waals surface area contributed by atoms with Crippen LogP contribution in [0.15, 0.2) is 22.7 Å². The summed E-state index contributed by atoms with van der Waals surface area (Å²) >= 11 is 3.39. The number of amides is 1. The monoisotopic (exact) mass is 456 g/mol. The first kappa shape index (κ1) is 22.5. The van der Waals surface area contributed by atoms with Gasteiger partial charge in [-0.3, -0.25) is 0 Å². The molecule has 7 nitrogen and oxygen atoms in total. The maximum Gasteiger partial charge on any atom is 0.410 e. The van der Waals surface area contributed by atoms with Crippen LogP contribution in [-0.4, -0.2) is 55.4 Å². The van der Waals surface area contributed by atoms with Gasteiger partial charge < -0.3 is 24.8 Å². The van der Waals surface area contributed by atoms with Gasteiger partial charge in [-0.1, -0.05) is 15.9 Å². The van der Waals surface area contributed by atoms with E-state index in [0.29, 0.717) is 30.3 Å². The lowest BCUT2D eigenvalue weighted by molar-refractivity contribution is -0.00225. The van der Waals surface area contributed by atoms with E-state index >= 15 is 0 Å². The zero-order valence-electron chi connectivity index (χ0n) is 16.9. The molecule has 1 fully saturated rings. The van der Waals surface area contributed by atoms with Crippen LogP contribution in [0.1, 0.15) is 44.0 Å². The molecule has 1 amide bonds. The highest BCUT2D eigenvalue weighted by Gasteiger charge is 2.34. The number of carbonyl (C=O) groups excluding carboxylic acids is 2. The third-order valence-corrected chi connectivity index (χ3v) is 5.06. The minimum atomic E-state index is -0.574. The lowest BCUT2D eigenvalue weighted by atomic mass is 9.91. The number of hydrogen-bond acceptors (Lipinski definition) is 6. The fraction of sp³-hybridized carbons (Fsp3) is 0.600. The second-order valence-electron chi connectivity index (χ2n) is 7.90. The number of esters is 1. The van der Waals surface area contributed by atoms with Crippen molar-refractivity contribution in [2.24, 2.45) is 11.7 Å². The van der Waals surface area contributed by atoms with Crippen molar-refractivity contribution in [3.05, 3.63) is 28.2 Å². The number of methoxy groups -OCH3 is 1. The van der Waals surface area contributed by atoms with Gasteiger partial charge in [0.1, 0.15) is 23.5 Å². The molecule has 0 bridgehead atoms. The van der Waals surface area contributed by atoms with Gasteiger partial charge >= 0.3 is 12.1 Å². The van der Waals surface area contributed by atoms with Crippen LogP contribution in [0, 0.1) is 5.92 Å². The van der Waals surface area contributed by atoms with E-state index in [0.717, 1.165) is 17.3 Å².